The molecule has 2 rings (SSSR count). The number of carbonyl (C=O) groups excluding carboxylic acids is 1. The lowest BCUT2D eigenvalue weighted by Gasteiger charge is -2.35. The van der Waals surface area contributed by atoms with Crippen LogP contribution in [0.25, 0.3) is 0 Å². The summed E-state index contributed by atoms with van der Waals surface area (Å²) in [4.78, 5) is 11.8. The van der Waals surface area contributed by atoms with E-state index in [0.29, 0.717) is 5.92 Å². The highest BCUT2D eigenvalue weighted by molar-refractivity contribution is 7.17. The highest BCUT2D eigenvalue weighted by atomic mass is 35.5. The van der Waals surface area contributed by atoms with Crippen LogP contribution in [0.5, 0.6) is 0 Å². The maximum Gasteiger partial charge on any atom is 0.282 e. The van der Waals surface area contributed by atoms with E-state index in [-0.39, 0.29) is 21.9 Å². The zero-order chi connectivity index (χ0) is 13.2. The molecule has 18 heavy (non-hydrogen) atoms. The molecule has 2 atom stereocenters. The Morgan fingerprint density at radius 3 is 3.06 bits per heavy atom. The number of halogens is 1. The van der Waals surface area contributed by atoms with E-state index in [4.69, 9.17) is 11.6 Å². The standard InChI is InChI=1S/C11H16ClN3O2S/c1-7-3-2-4-11(17,5-7)6-13-8(16)9-14-15-10(12)18-9/h7,17H,2-6H2,1H3,(H,13,16). The van der Waals surface area contributed by atoms with Crippen LogP contribution in [-0.2, 0) is 0 Å². The van der Waals surface area contributed by atoms with Gasteiger partial charge in [-0.2, -0.15) is 0 Å². The number of aliphatic hydroxyl groups is 1. The van der Waals surface area contributed by atoms with Crippen molar-refractivity contribution in [2.45, 2.75) is 38.2 Å². The van der Waals surface area contributed by atoms with Crippen molar-refractivity contribution in [1.29, 1.82) is 0 Å². The number of hydrogen-bond acceptors (Lipinski definition) is 5. The van der Waals surface area contributed by atoms with E-state index in [1.807, 2.05) is 0 Å². The molecule has 1 saturated carbocycles. The topological polar surface area (TPSA) is 75.1 Å². The molecule has 7 heteroatoms. The van der Waals surface area contributed by atoms with Gasteiger partial charge in [-0.3, -0.25) is 4.79 Å². The Morgan fingerprint density at radius 1 is 1.67 bits per heavy atom. The Balaban J connectivity index is 1.89. The Labute approximate surface area is 115 Å². The highest BCUT2D eigenvalue weighted by Gasteiger charge is 2.33. The van der Waals surface area contributed by atoms with E-state index in [0.717, 1.165) is 37.0 Å². The summed E-state index contributed by atoms with van der Waals surface area (Å²) in [5, 5.41) is 20.5. The van der Waals surface area contributed by atoms with Gasteiger partial charge in [0.25, 0.3) is 5.91 Å². The van der Waals surface area contributed by atoms with Crippen LogP contribution in [0.15, 0.2) is 0 Å². The second-order valence-corrected chi connectivity index (χ2v) is 6.53. The molecule has 0 saturated heterocycles. The number of aromatic nitrogens is 2. The van der Waals surface area contributed by atoms with E-state index in [1.54, 1.807) is 0 Å². The van der Waals surface area contributed by atoms with Crippen molar-refractivity contribution < 1.29 is 9.90 Å². The van der Waals surface area contributed by atoms with Crippen molar-refractivity contribution in [3.63, 3.8) is 0 Å². The maximum absolute atomic E-state index is 11.8. The average molecular weight is 290 g/mol. The van der Waals surface area contributed by atoms with E-state index < -0.39 is 5.60 Å². The third kappa shape index (κ3) is 3.40. The first-order valence-corrected chi connectivity index (χ1v) is 7.17. The molecule has 2 unspecified atom stereocenters. The minimum absolute atomic E-state index is 0.229. The predicted octanol–water partition coefficient (Wildman–Crippen LogP) is 1.86. The Bertz CT molecular complexity index is 440. The van der Waals surface area contributed by atoms with Crippen molar-refractivity contribution in [3.8, 4) is 0 Å². The van der Waals surface area contributed by atoms with Crippen molar-refractivity contribution in [3.05, 3.63) is 9.47 Å². The fourth-order valence-electron chi connectivity index (χ4n) is 2.41. The van der Waals surface area contributed by atoms with Crippen molar-refractivity contribution in [2.24, 2.45) is 5.92 Å². The molecule has 0 radical (unpaired) electrons. The van der Waals surface area contributed by atoms with Crippen LogP contribution in [-0.4, -0.2) is 33.4 Å². The molecule has 1 aliphatic carbocycles. The number of hydrogen-bond donors (Lipinski definition) is 2. The predicted molar refractivity (Wildman–Crippen MR) is 69.8 cm³/mol. The second-order valence-electron chi connectivity index (χ2n) is 4.97. The SMILES string of the molecule is CC1CCCC(O)(CNC(=O)c2nnc(Cl)s2)C1. The van der Waals surface area contributed by atoms with Crippen LogP contribution in [0.1, 0.15) is 42.4 Å². The van der Waals surface area contributed by atoms with Crippen molar-refractivity contribution in [1.82, 2.24) is 15.5 Å². The Hall–Kier alpha value is -0.720. The normalized spacial score (nSPS) is 28.1. The number of nitrogens with one attached hydrogen (secondary N) is 1. The molecule has 1 amide bonds. The van der Waals surface area contributed by atoms with Gasteiger partial charge in [0.2, 0.25) is 9.47 Å². The lowest BCUT2D eigenvalue weighted by molar-refractivity contribution is -0.0109. The van der Waals surface area contributed by atoms with E-state index >= 15 is 0 Å². The summed E-state index contributed by atoms with van der Waals surface area (Å²) >= 11 is 6.65. The maximum atomic E-state index is 11.8. The number of carbonyl (C=O) groups is 1. The summed E-state index contributed by atoms with van der Waals surface area (Å²) in [6.07, 6.45) is 3.60. The molecule has 5 nitrogen and oxygen atoms in total. The number of amides is 1. The Kier molecular flexibility index (Phi) is 4.19. The molecule has 1 aliphatic rings. The molecule has 1 heterocycles. The smallest absolute Gasteiger partial charge is 0.282 e. The molecule has 2 N–H and O–H groups in total. The van der Waals surface area contributed by atoms with Crippen molar-refractivity contribution >= 4 is 28.8 Å². The highest BCUT2D eigenvalue weighted by Crippen LogP contribution is 2.31. The van der Waals surface area contributed by atoms with Crippen molar-refractivity contribution in [2.75, 3.05) is 6.54 Å². The monoisotopic (exact) mass is 289 g/mol. The van der Waals surface area contributed by atoms with Gasteiger partial charge in [0.15, 0.2) is 0 Å². The molecule has 0 bridgehead atoms. The molecular weight excluding hydrogens is 274 g/mol. The lowest BCUT2D eigenvalue weighted by atomic mass is 9.79. The molecule has 0 aliphatic heterocycles. The second kappa shape index (κ2) is 5.50. The quantitative estimate of drug-likeness (QED) is 0.891. The molecular formula is C11H16ClN3O2S. The first-order valence-electron chi connectivity index (χ1n) is 5.98. The van der Waals surface area contributed by atoms with E-state index in [2.05, 4.69) is 22.4 Å². The summed E-state index contributed by atoms with van der Waals surface area (Å²) in [6.45, 7) is 2.38. The first kappa shape index (κ1) is 13.7. The minimum Gasteiger partial charge on any atom is -0.388 e. The zero-order valence-electron chi connectivity index (χ0n) is 10.1. The van der Waals surface area contributed by atoms with E-state index in [1.165, 1.54) is 0 Å². The number of rotatable bonds is 3. The van der Waals surface area contributed by atoms with Gasteiger partial charge in [-0.1, -0.05) is 31.1 Å². The van der Waals surface area contributed by atoms with Gasteiger partial charge in [0.1, 0.15) is 0 Å². The van der Waals surface area contributed by atoms with Gasteiger partial charge in [0, 0.05) is 6.54 Å². The lowest BCUT2D eigenvalue weighted by Crippen LogP contribution is -2.45. The largest absolute Gasteiger partial charge is 0.388 e. The fraction of sp³-hybridized carbons (Fsp3) is 0.727. The van der Waals surface area contributed by atoms with Gasteiger partial charge in [0.05, 0.1) is 5.60 Å². The van der Waals surface area contributed by atoms with Gasteiger partial charge in [-0.05, 0) is 30.4 Å². The van der Waals surface area contributed by atoms with Crippen LogP contribution in [0.4, 0.5) is 0 Å². The molecule has 0 aromatic carbocycles. The van der Waals surface area contributed by atoms with Gasteiger partial charge in [-0.25, -0.2) is 0 Å². The third-order valence-corrected chi connectivity index (χ3v) is 4.26. The van der Waals surface area contributed by atoms with Crippen LogP contribution in [0.3, 0.4) is 0 Å². The fourth-order valence-corrected chi connectivity index (χ4v) is 3.16. The van der Waals surface area contributed by atoms with Gasteiger partial charge in [-0.15, -0.1) is 10.2 Å². The average Bonchev–Trinajstić information content (AvgIpc) is 2.73. The van der Waals surface area contributed by atoms with Crippen LogP contribution >= 0.6 is 22.9 Å². The molecule has 1 aromatic rings. The van der Waals surface area contributed by atoms with Gasteiger partial charge < -0.3 is 10.4 Å². The minimum atomic E-state index is -0.790. The molecule has 1 fully saturated rings. The summed E-state index contributed by atoms with van der Waals surface area (Å²) < 4.78 is 0.241. The number of nitrogens with zero attached hydrogens (tertiary/aromatic N) is 2. The first-order chi connectivity index (χ1) is 8.48. The van der Waals surface area contributed by atoms with Crippen LogP contribution < -0.4 is 5.32 Å². The van der Waals surface area contributed by atoms with Crippen LogP contribution in [0.2, 0.25) is 4.47 Å². The summed E-state index contributed by atoms with van der Waals surface area (Å²) in [5.74, 6) is 0.169. The van der Waals surface area contributed by atoms with E-state index in [9.17, 15) is 9.90 Å². The Morgan fingerprint density at radius 2 is 2.44 bits per heavy atom. The van der Waals surface area contributed by atoms with Crippen LogP contribution in [0, 0.1) is 5.92 Å². The van der Waals surface area contributed by atoms with Gasteiger partial charge >= 0.3 is 0 Å². The summed E-state index contributed by atoms with van der Waals surface area (Å²) in [5.41, 5.74) is -0.790. The molecule has 1 aromatic heterocycles. The third-order valence-electron chi connectivity index (χ3n) is 3.24. The molecule has 0 spiro atoms. The zero-order valence-corrected chi connectivity index (χ0v) is 11.7. The summed E-state index contributed by atoms with van der Waals surface area (Å²) in [7, 11) is 0. The molecule has 100 valence electrons. The summed E-state index contributed by atoms with van der Waals surface area (Å²) in [6, 6.07) is 0.